The van der Waals surface area contributed by atoms with Gasteiger partial charge in [0, 0.05) is 38.3 Å². The van der Waals surface area contributed by atoms with Crippen LogP contribution in [0.5, 0.6) is 5.75 Å². The number of benzene rings is 3. The molecule has 4 nitrogen and oxygen atoms in total. The van der Waals surface area contributed by atoms with E-state index in [4.69, 9.17) is 21.3 Å². The largest absolute Gasteiger partial charge is 0.495 e. The van der Waals surface area contributed by atoms with E-state index in [-0.39, 0.29) is 0 Å². The van der Waals surface area contributed by atoms with Crippen LogP contribution in [-0.4, -0.2) is 48.9 Å². The number of rotatable bonds is 4. The molecule has 1 heterocycles. The Hall–Kier alpha value is -3.26. The fourth-order valence-corrected chi connectivity index (χ4v) is 4.00. The maximum Gasteiger partial charge on any atom is 0.182 e. The van der Waals surface area contributed by atoms with E-state index in [1.807, 2.05) is 48.5 Å². The van der Waals surface area contributed by atoms with Crippen LogP contribution >= 0.6 is 11.6 Å². The molecule has 3 aromatic rings. The average molecular weight is 458 g/mol. The van der Waals surface area contributed by atoms with Crippen molar-refractivity contribution in [2.45, 2.75) is 13.5 Å². The van der Waals surface area contributed by atoms with Gasteiger partial charge in [-0.1, -0.05) is 65.5 Å². The van der Waals surface area contributed by atoms with E-state index in [1.54, 1.807) is 7.11 Å². The first-order chi connectivity index (χ1) is 16.1. The van der Waals surface area contributed by atoms with E-state index in [0.29, 0.717) is 10.8 Å². The molecule has 168 valence electrons. The summed E-state index contributed by atoms with van der Waals surface area (Å²) in [6.45, 7) is 6.75. The van der Waals surface area contributed by atoms with Gasteiger partial charge in [0.05, 0.1) is 17.8 Å². The molecule has 1 fully saturated rings. The van der Waals surface area contributed by atoms with Crippen molar-refractivity contribution in [1.29, 1.82) is 0 Å². The molecular weight excluding hydrogens is 430 g/mol. The maximum atomic E-state index is 6.33. The van der Waals surface area contributed by atoms with Crippen LogP contribution in [0.1, 0.15) is 16.7 Å². The second-order valence-corrected chi connectivity index (χ2v) is 8.53. The summed E-state index contributed by atoms with van der Waals surface area (Å²) in [5, 5.41) is 0.539. The lowest BCUT2D eigenvalue weighted by molar-refractivity contribution is 0.176. The molecule has 0 unspecified atom stereocenters. The van der Waals surface area contributed by atoms with Crippen molar-refractivity contribution >= 4 is 23.1 Å². The van der Waals surface area contributed by atoms with Gasteiger partial charge >= 0.3 is 0 Å². The molecule has 0 aromatic heterocycles. The normalized spacial score (nSPS) is 14.5. The van der Waals surface area contributed by atoms with Gasteiger partial charge in [-0.15, -0.1) is 0 Å². The van der Waals surface area contributed by atoms with Crippen molar-refractivity contribution in [3.05, 3.63) is 94.5 Å². The molecule has 0 saturated carbocycles. The minimum absolute atomic E-state index is 0.539. The van der Waals surface area contributed by atoms with Crippen molar-refractivity contribution in [2.24, 2.45) is 4.99 Å². The highest BCUT2D eigenvalue weighted by Gasteiger charge is 2.19. The minimum atomic E-state index is 0.539. The summed E-state index contributed by atoms with van der Waals surface area (Å²) < 4.78 is 5.27. The molecule has 0 atom stereocenters. The molecule has 0 amide bonds. The SMILES string of the molecule is COc1ccc(N=C(C#Cc2ccccc2)N2CCN(Cc3ccc(C)cc3)CC2)cc1Cl. The zero-order valence-electron chi connectivity index (χ0n) is 19.1. The van der Waals surface area contributed by atoms with Crippen LogP contribution < -0.4 is 4.74 Å². The number of aryl methyl sites for hydroxylation is 1. The van der Waals surface area contributed by atoms with E-state index in [9.17, 15) is 0 Å². The topological polar surface area (TPSA) is 28.1 Å². The molecule has 33 heavy (non-hydrogen) atoms. The number of ether oxygens (including phenoxy) is 1. The first-order valence-electron chi connectivity index (χ1n) is 11.1. The van der Waals surface area contributed by atoms with E-state index < -0.39 is 0 Å². The summed E-state index contributed by atoms with van der Waals surface area (Å²) >= 11 is 6.33. The van der Waals surface area contributed by atoms with Crippen LogP contribution in [-0.2, 0) is 6.54 Å². The number of hydrogen-bond acceptors (Lipinski definition) is 3. The Morgan fingerprint density at radius 3 is 2.36 bits per heavy atom. The van der Waals surface area contributed by atoms with Gasteiger partial charge in [0.2, 0.25) is 0 Å². The Morgan fingerprint density at radius 2 is 1.70 bits per heavy atom. The van der Waals surface area contributed by atoms with Crippen LogP contribution in [0.3, 0.4) is 0 Å². The molecule has 0 aliphatic carbocycles. The van der Waals surface area contributed by atoms with Gasteiger partial charge in [0.25, 0.3) is 0 Å². The standard InChI is InChI=1S/C28H28ClN3O/c1-22-8-10-24(11-9-22)21-31-16-18-32(19-17-31)28(15-12-23-6-4-3-5-7-23)30-25-13-14-27(33-2)26(29)20-25/h3-11,13-14,20H,16-19,21H2,1-2H3. The number of methoxy groups -OCH3 is 1. The van der Waals surface area contributed by atoms with Gasteiger partial charge in [-0.25, -0.2) is 4.99 Å². The number of halogens is 1. The summed E-state index contributed by atoms with van der Waals surface area (Å²) in [7, 11) is 1.61. The third kappa shape index (κ3) is 6.38. The second-order valence-electron chi connectivity index (χ2n) is 8.12. The predicted octanol–water partition coefficient (Wildman–Crippen LogP) is 5.56. The van der Waals surface area contributed by atoms with E-state index >= 15 is 0 Å². The Labute approximate surface area is 201 Å². The number of nitrogens with zero attached hydrogens (tertiary/aromatic N) is 3. The first-order valence-corrected chi connectivity index (χ1v) is 11.5. The molecule has 0 spiro atoms. The quantitative estimate of drug-likeness (QED) is 0.292. The van der Waals surface area contributed by atoms with Crippen LogP contribution in [0.15, 0.2) is 77.8 Å². The minimum Gasteiger partial charge on any atom is -0.495 e. The molecule has 1 saturated heterocycles. The third-order valence-corrected chi connectivity index (χ3v) is 5.96. The lowest BCUT2D eigenvalue weighted by Crippen LogP contribution is -2.48. The van der Waals surface area contributed by atoms with Crippen LogP contribution in [0.2, 0.25) is 5.02 Å². The van der Waals surface area contributed by atoms with Crippen molar-refractivity contribution in [3.63, 3.8) is 0 Å². The first kappa shape index (κ1) is 22.9. The molecular formula is C28H28ClN3O. The molecule has 0 bridgehead atoms. The lowest BCUT2D eigenvalue weighted by Gasteiger charge is -2.35. The van der Waals surface area contributed by atoms with Crippen LogP contribution in [0.25, 0.3) is 0 Å². The van der Waals surface area contributed by atoms with E-state index in [1.165, 1.54) is 11.1 Å². The monoisotopic (exact) mass is 457 g/mol. The summed E-state index contributed by atoms with van der Waals surface area (Å²) in [6, 6.07) is 24.3. The summed E-state index contributed by atoms with van der Waals surface area (Å²) in [5.74, 6) is 7.96. The van der Waals surface area contributed by atoms with E-state index in [2.05, 4.69) is 52.8 Å². The number of hydrogen-bond donors (Lipinski definition) is 0. The smallest absolute Gasteiger partial charge is 0.182 e. The van der Waals surface area contributed by atoms with Crippen molar-refractivity contribution in [3.8, 4) is 17.6 Å². The predicted molar refractivity (Wildman–Crippen MR) is 136 cm³/mol. The number of amidine groups is 1. The van der Waals surface area contributed by atoms with Gasteiger partial charge < -0.3 is 9.64 Å². The van der Waals surface area contributed by atoms with Crippen molar-refractivity contribution in [1.82, 2.24) is 9.80 Å². The fourth-order valence-electron chi connectivity index (χ4n) is 3.74. The Kier molecular flexibility index (Phi) is 7.67. The number of aliphatic imine (C=N–C) groups is 1. The Morgan fingerprint density at radius 1 is 0.970 bits per heavy atom. The van der Waals surface area contributed by atoms with Gasteiger partial charge in [-0.3, -0.25) is 4.90 Å². The Balaban J connectivity index is 1.52. The molecule has 0 radical (unpaired) electrons. The molecule has 1 aliphatic heterocycles. The third-order valence-electron chi connectivity index (χ3n) is 5.66. The zero-order chi connectivity index (χ0) is 23.0. The highest BCUT2D eigenvalue weighted by molar-refractivity contribution is 6.32. The molecule has 5 heteroatoms. The van der Waals surface area contributed by atoms with E-state index in [0.717, 1.165) is 49.8 Å². The molecule has 1 aliphatic rings. The molecule has 3 aromatic carbocycles. The summed E-state index contributed by atoms with van der Waals surface area (Å²) in [6.07, 6.45) is 0. The number of piperazine rings is 1. The van der Waals surface area contributed by atoms with Crippen molar-refractivity contribution in [2.75, 3.05) is 33.3 Å². The summed E-state index contributed by atoms with van der Waals surface area (Å²) in [4.78, 5) is 9.61. The second kappa shape index (κ2) is 11.0. The van der Waals surface area contributed by atoms with Gasteiger partial charge in [0.15, 0.2) is 5.84 Å². The van der Waals surface area contributed by atoms with Gasteiger partial charge in [0.1, 0.15) is 5.75 Å². The Bertz CT molecular complexity index is 1160. The lowest BCUT2D eigenvalue weighted by atomic mass is 10.1. The zero-order valence-corrected chi connectivity index (χ0v) is 19.8. The van der Waals surface area contributed by atoms with Crippen molar-refractivity contribution < 1.29 is 4.74 Å². The maximum absolute atomic E-state index is 6.33. The van der Waals surface area contributed by atoms with Gasteiger partial charge in [-0.05, 0) is 48.7 Å². The summed E-state index contributed by atoms with van der Waals surface area (Å²) in [5.41, 5.74) is 4.37. The molecule has 4 rings (SSSR count). The highest BCUT2D eigenvalue weighted by atomic mass is 35.5. The fraction of sp³-hybridized carbons (Fsp3) is 0.250. The highest BCUT2D eigenvalue weighted by Crippen LogP contribution is 2.29. The molecule has 0 N–H and O–H groups in total. The van der Waals surface area contributed by atoms with Gasteiger partial charge in [-0.2, -0.15) is 0 Å². The average Bonchev–Trinajstić information content (AvgIpc) is 2.84. The van der Waals surface area contributed by atoms with Crippen LogP contribution in [0.4, 0.5) is 5.69 Å². The van der Waals surface area contributed by atoms with Crippen LogP contribution in [0, 0.1) is 18.8 Å².